The molecule has 1 aliphatic carbocycles. The van der Waals surface area contributed by atoms with Crippen molar-refractivity contribution >= 4 is 11.8 Å². The van der Waals surface area contributed by atoms with Gasteiger partial charge < -0.3 is 5.32 Å². The van der Waals surface area contributed by atoms with Gasteiger partial charge in [-0.2, -0.15) is 5.10 Å². The zero-order valence-corrected chi connectivity index (χ0v) is 23.3. The van der Waals surface area contributed by atoms with Crippen LogP contribution in [0.15, 0.2) is 30.3 Å². The quantitative estimate of drug-likeness (QED) is 0.465. The third-order valence-electron chi connectivity index (χ3n) is 9.66. The van der Waals surface area contributed by atoms with Crippen LogP contribution in [0.1, 0.15) is 80.4 Å². The molecular weight excluding hydrogens is 474 g/mol. The number of amides is 2. The molecule has 7 nitrogen and oxygen atoms in total. The van der Waals surface area contributed by atoms with Crippen LogP contribution in [0.4, 0.5) is 0 Å². The van der Waals surface area contributed by atoms with Gasteiger partial charge in [0.1, 0.15) is 12.6 Å². The summed E-state index contributed by atoms with van der Waals surface area (Å²) in [5.41, 5.74) is 3.67. The van der Waals surface area contributed by atoms with Gasteiger partial charge in [0.15, 0.2) is 5.54 Å². The molecule has 1 saturated carbocycles. The second-order valence-corrected chi connectivity index (χ2v) is 11.7. The number of H-pyrrole nitrogens is 1. The van der Waals surface area contributed by atoms with Gasteiger partial charge in [-0.15, -0.1) is 5.92 Å². The number of piperidine rings is 1. The number of piperazine rings is 1. The van der Waals surface area contributed by atoms with Gasteiger partial charge in [0, 0.05) is 37.2 Å². The van der Waals surface area contributed by atoms with Crippen molar-refractivity contribution in [2.75, 3.05) is 26.7 Å². The molecule has 0 radical (unpaired) electrons. The highest BCUT2D eigenvalue weighted by Crippen LogP contribution is 2.43. The fraction of sp³-hybridized carbons (Fsp3) is 0.581. The van der Waals surface area contributed by atoms with Crippen LogP contribution < -0.4 is 5.32 Å². The van der Waals surface area contributed by atoms with E-state index >= 15 is 0 Å². The summed E-state index contributed by atoms with van der Waals surface area (Å²) < 4.78 is 0.0917. The molecule has 3 fully saturated rings. The van der Waals surface area contributed by atoms with Crippen molar-refractivity contribution in [2.24, 2.45) is 5.92 Å². The van der Waals surface area contributed by atoms with Crippen molar-refractivity contribution in [3.05, 3.63) is 52.8 Å². The minimum Gasteiger partial charge on any atom is -0.335 e. The molecule has 3 atom stereocenters. The number of benzene rings is 1. The first-order valence-corrected chi connectivity index (χ1v) is 14.2. The van der Waals surface area contributed by atoms with Crippen LogP contribution in [0.5, 0.6) is 0 Å². The number of nitrogens with one attached hydrogen (secondary N) is 2. The van der Waals surface area contributed by atoms with E-state index < -0.39 is 11.6 Å². The summed E-state index contributed by atoms with van der Waals surface area (Å²) in [5.74, 6) is 6.62. The van der Waals surface area contributed by atoms with Crippen molar-refractivity contribution in [1.82, 2.24) is 20.4 Å². The molecule has 38 heavy (non-hydrogen) atoms. The minimum absolute atomic E-state index is 0.0406. The highest BCUT2D eigenvalue weighted by atomic mass is 16.2. The molecule has 2 unspecified atom stereocenters. The Labute approximate surface area is 226 Å². The second kappa shape index (κ2) is 10.7. The van der Waals surface area contributed by atoms with Crippen LogP contribution in [0.3, 0.4) is 0 Å². The molecule has 2 saturated heterocycles. The lowest BCUT2D eigenvalue weighted by atomic mass is 9.75. The summed E-state index contributed by atoms with van der Waals surface area (Å²) in [5, 5.41) is 10.9. The van der Waals surface area contributed by atoms with E-state index in [1.54, 1.807) is 0 Å². The van der Waals surface area contributed by atoms with Crippen molar-refractivity contribution in [2.45, 2.75) is 83.3 Å². The lowest BCUT2D eigenvalue weighted by Gasteiger charge is -2.55. The first-order chi connectivity index (χ1) is 18.3. The molecule has 1 aromatic heterocycles. The van der Waals surface area contributed by atoms with E-state index in [1.165, 1.54) is 17.5 Å². The SMILES string of the molecule is CC#CC[N+]1(C)C(=O)[C@H](C2CCCCC2)NC(=O)C12CCN(C(c1ccccc1)c1c(C)n[nH]c1C)CC2. The first-order valence-electron chi connectivity index (χ1n) is 14.2. The Morgan fingerprint density at radius 3 is 2.39 bits per heavy atom. The van der Waals surface area contributed by atoms with Crippen molar-refractivity contribution in [1.29, 1.82) is 0 Å². The van der Waals surface area contributed by atoms with E-state index in [0.29, 0.717) is 32.5 Å². The molecular formula is C31H42N5O2+. The third kappa shape index (κ3) is 4.38. The normalized spacial score (nSPS) is 27.0. The number of nitrogens with zero attached hydrogens (tertiary/aromatic N) is 3. The summed E-state index contributed by atoms with van der Waals surface area (Å²) in [6, 6.07) is 10.2. The van der Waals surface area contributed by atoms with E-state index in [4.69, 9.17) is 0 Å². The van der Waals surface area contributed by atoms with Crippen LogP contribution in [-0.2, 0) is 9.59 Å². The van der Waals surface area contributed by atoms with Gasteiger partial charge in [0.2, 0.25) is 0 Å². The molecule has 1 aromatic carbocycles. The molecule has 2 N–H and O–H groups in total. The minimum atomic E-state index is -0.801. The molecule has 3 aliphatic rings. The van der Waals surface area contributed by atoms with Crippen LogP contribution in [-0.4, -0.2) is 69.7 Å². The predicted molar refractivity (Wildman–Crippen MR) is 148 cm³/mol. The van der Waals surface area contributed by atoms with Crippen molar-refractivity contribution in [3.8, 4) is 11.8 Å². The van der Waals surface area contributed by atoms with E-state index in [-0.39, 0.29) is 28.3 Å². The lowest BCUT2D eigenvalue weighted by Crippen LogP contribution is -2.81. The third-order valence-corrected chi connectivity index (χ3v) is 9.66. The van der Waals surface area contributed by atoms with E-state index in [1.807, 2.05) is 20.0 Å². The van der Waals surface area contributed by atoms with Gasteiger partial charge in [-0.3, -0.25) is 14.8 Å². The highest BCUT2D eigenvalue weighted by molar-refractivity contribution is 5.95. The average Bonchev–Trinajstić information content (AvgIpc) is 3.28. The monoisotopic (exact) mass is 516 g/mol. The molecule has 3 heterocycles. The maximum atomic E-state index is 14.2. The molecule has 202 valence electrons. The summed E-state index contributed by atoms with van der Waals surface area (Å²) in [6.45, 7) is 7.75. The maximum absolute atomic E-state index is 14.2. The number of carbonyl (C=O) groups is 2. The summed E-state index contributed by atoms with van der Waals surface area (Å²) >= 11 is 0. The standard InChI is InChI=1S/C31H41N5O2/c1-5-6-21-36(4)29(37)27(24-13-9-7-10-14-24)32-30(38)31(36)17-19-35(20-18-31)28(25-15-11-8-12-16-25)26-22(2)33-34-23(26)3/h8,11-12,15-16,24,27-28H,7,9-10,13-14,17-21H2,1-4H3,(H-,32,33,34,38)/p+1/t27-,28?,36?/m0/s1. The Bertz CT molecular complexity index is 1210. The average molecular weight is 517 g/mol. The van der Waals surface area contributed by atoms with Crippen LogP contribution in [0, 0.1) is 31.6 Å². The van der Waals surface area contributed by atoms with Crippen molar-refractivity contribution in [3.63, 3.8) is 0 Å². The molecule has 2 aliphatic heterocycles. The van der Waals surface area contributed by atoms with E-state index in [0.717, 1.165) is 37.1 Å². The van der Waals surface area contributed by atoms with E-state index in [9.17, 15) is 9.59 Å². The number of quaternary nitrogens is 1. The topological polar surface area (TPSA) is 78.1 Å². The molecule has 1 spiro atoms. The molecule has 7 heteroatoms. The number of aromatic amines is 1. The summed E-state index contributed by atoms with van der Waals surface area (Å²) in [6.07, 6.45) is 6.74. The fourth-order valence-corrected chi connectivity index (χ4v) is 7.36. The number of hydrogen-bond donors (Lipinski definition) is 2. The van der Waals surface area contributed by atoms with Crippen molar-refractivity contribution < 1.29 is 14.1 Å². The number of aryl methyl sites for hydroxylation is 2. The Morgan fingerprint density at radius 1 is 1.11 bits per heavy atom. The molecule has 5 rings (SSSR count). The Balaban J connectivity index is 1.46. The van der Waals surface area contributed by atoms with Gasteiger partial charge in [0.05, 0.1) is 18.8 Å². The number of rotatable bonds is 5. The first kappa shape index (κ1) is 26.6. The number of aromatic nitrogens is 2. The van der Waals surface area contributed by atoms with E-state index in [2.05, 4.69) is 70.4 Å². The van der Waals surface area contributed by atoms with Crippen LogP contribution in [0.25, 0.3) is 0 Å². The smallest absolute Gasteiger partial charge is 0.335 e. The highest BCUT2D eigenvalue weighted by Gasteiger charge is 2.65. The number of likely N-dealkylation sites (tertiary alicyclic amines) is 1. The maximum Gasteiger partial charge on any atom is 0.337 e. The van der Waals surface area contributed by atoms with Gasteiger partial charge in [-0.25, -0.2) is 9.28 Å². The zero-order chi connectivity index (χ0) is 26.9. The van der Waals surface area contributed by atoms with Crippen LogP contribution >= 0.6 is 0 Å². The number of hydrogen-bond acceptors (Lipinski definition) is 4. The molecule has 2 amide bonds. The summed E-state index contributed by atoms with van der Waals surface area (Å²) in [4.78, 5) is 30.8. The number of likely N-dealkylation sites (N-methyl/N-ethyl adjacent to an activating group) is 1. The van der Waals surface area contributed by atoms with Gasteiger partial charge in [-0.05, 0) is 51.0 Å². The summed E-state index contributed by atoms with van der Waals surface area (Å²) in [7, 11) is 1.98. The Morgan fingerprint density at radius 2 is 1.79 bits per heavy atom. The molecule has 0 bridgehead atoms. The van der Waals surface area contributed by atoms with Gasteiger partial charge >= 0.3 is 5.91 Å². The van der Waals surface area contributed by atoms with Gasteiger partial charge in [0.25, 0.3) is 5.91 Å². The number of carbonyl (C=O) groups excluding carboxylic acids is 2. The van der Waals surface area contributed by atoms with Crippen LogP contribution in [0.2, 0.25) is 0 Å². The largest absolute Gasteiger partial charge is 0.337 e. The fourth-order valence-electron chi connectivity index (χ4n) is 7.36. The zero-order valence-electron chi connectivity index (χ0n) is 23.3. The Hall–Kier alpha value is -2.95. The second-order valence-electron chi connectivity index (χ2n) is 11.7. The van der Waals surface area contributed by atoms with Gasteiger partial charge in [-0.1, -0.05) is 49.6 Å². The Kier molecular flexibility index (Phi) is 7.48. The predicted octanol–water partition coefficient (Wildman–Crippen LogP) is 4.03. The molecule has 2 aromatic rings. The lowest BCUT2D eigenvalue weighted by molar-refractivity contribution is -0.876.